The largest absolute Gasteiger partial charge is 0.382 e. The summed E-state index contributed by atoms with van der Waals surface area (Å²) in [7, 11) is 1.80. The average molecular weight is 441 g/mol. The summed E-state index contributed by atoms with van der Waals surface area (Å²) in [4.78, 5) is 4.28. The number of rotatable bonds is 8. The van der Waals surface area contributed by atoms with E-state index in [-0.39, 0.29) is 24.0 Å². The molecule has 2 aromatic carbocycles. The zero-order valence-electron chi connectivity index (χ0n) is 14.5. The molecule has 0 radical (unpaired) electrons. The average Bonchev–Trinajstić information content (AvgIpc) is 2.60. The van der Waals surface area contributed by atoms with Crippen molar-refractivity contribution in [3.8, 4) is 0 Å². The molecule has 2 rings (SSSR count). The number of benzene rings is 2. The van der Waals surface area contributed by atoms with Crippen LogP contribution in [0.15, 0.2) is 47.5 Å². The number of hydrogen-bond acceptors (Lipinski definition) is 2. The van der Waals surface area contributed by atoms with Gasteiger partial charge >= 0.3 is 0 Å². The second kappa shape index (κ2) is 12.1. The number of aliphatic imine (C=N–C) groups is 1. The lowest BCUT2D eigenvalue weighted by atomic mass is 10.0. The van der Waals surface area contributed by atoms with Crippen molar-refractivity contribution in [2.75, 3.05) is 26.8 Å². The van der Waals surface area contributed by atoms with E-state index in [1.807, 2.05) is 6.92 Å². The second-order valence-electron chi connectivity index (χ2n) is 5.39. The highest BCUT2D eigenvalue weighted by Crippen LogP contribution is 2.18. The highest BCUT2D eigenvalue weighted by Gasteiger charge is 2.02. The Morgan fingerprint density at radius 2 is 1.83 bits per heavy atom. The minimum absolute atomic E-state index is 0. The van der Waals surface area contributed by atoms with Gasteiger partial charge < -0.3 is 15.4 Å². The fourth-order valence-electron chi connectivity index (χ4n) is 2.53. The summed E-state index contributed by atoms with van der Waals surface area (Å²) in [5.74, 6) is 0.842. The molecule has 0 atom stereocenters. The first-order valence-corrected chi connectivity index (χ1v) is 8.34. The van der Waals surface area contributed by atoms with E-state index in [1.165, 1.54) is 16.3 Å². The Morgan fingerprint density at radius 3 is 2.62 bits per heavy atom. The van der Waals surface area contributed by atoms with E-state index in [9.17, 15) is 0 Å². The van der Waals surface area contributed by atoms with Crippen molar-refractivity contribution in [2.45, 2.75) is 26.3 Å². The van der Waals surface area contributed by atoms with Crippen LogP contribution >= 0.6 is 24.0 Å². The Balaban J connectivity index is 0.00000288. The van der Waals surface area contributed by atoms with Gasteiger partial charge in [-0.05, 0) is 36.1 Å². The molecule has 0 aliphatic heterocycles. The zero-order chi connectivity index (χ0) is 16.3. The maximum Gasteiger partial charge on any atom is 0.191 e. The number of fused-ring (bicyclic) bond motifs is 1. The molecule has 0 aromatic heterocycles. The predicted octanol–water partition coefficient (Wildman–Crippen LogP) is 3.94. The first-order valence-electron chi connectivity index (χ1n) is 8.34. The molecular formula is C19H28IN3O. The lowest BCUT2D eigenvalue weighted by molar-refractivity contribution is 0.143. The molecule has 4 nitrogen and oxygen atoms in total. The van der Waals surface area contributed by atoms with Gasteiger partial charge in [-0.3, -0.25) is 4.99 Å². The van der Waals surface area contributed by atoms with Crippen molar-refractivity contribution in [1.29, 1.82) is 0 Å². The van der Waals surface area contributed by atoms with Gasteiger partial charge in [0.05, 0.1) is 0 Å². The summed E-state index contributed by atoms with van der Waals surface area (Å²) in [5.41, 5.74) is 1.28. The molecule has 0 amide bonds. The van der Waals surface area contributed by atoms with E-state index in [0.29, 0.717) is 0 Å². The number of nitrogens with one attached hydrogen (secondary N) is 2. The first-order chi connectivity index (χ1) is 11.3. The van der Waals surface area contributed by atoms with Gasteiger partial charge in [-0.2, -0.15) is 0 Å². The van der Waals surface area contributed by atoms with Crippen LogP contribution in [0.5, 0.6) is 0 Å². The molecule has 2 aromatic rings. The minimum Gasteiger partial charge on any atom is -0.382 e. The van der Waals surface area contributed by atoms with Crippen LogP contribution in [0.1, 0.15) is 25.3 Å². The van der Waals surface area contributed by atoms with Crippen molar-refractivity contribution in [1.82, 2.24) is 10.6 Å². The van der Waals surface area contributed by atoms with Gasteiger partial charge in [0.25, 0.3) is 0 Å². The van der Waals surface area contributed by atoms with Gasteiger partial charge in [0.2, 0.25) is 0 Å². The van der Waals surface area contributed by atoms with Crippen LogP contribution in [0.2, 0.25) is 0 Å². The SMILES string of the molecule is CCOCCCCNC(=NC)NCc1cccc2ccccc12.I. The fourth-order valence-corrected chi connectivity index (χ4v) is 2.53. The third-order valence-electron chi connectivity index (χ3n) is 3.76. The van der Waals surface area contributed by atoms with E-state index in [0.717, 1.165) is 45.1 Å². The Hall–Kier alpha value is -1.34. The normalized spacial score (nSPS) is 11.2. The highest BCUT2D eigenvalue weighted by atomic mass is 127. The molecule has 132 valence electrons. The maximum atomic E-state index is 5.34. The third kappa shape index (κ3) is 6.65. The molecule has 0 aliphatic carbocycles. The van der Waals surface area contributed by atoms with E-state index in [1.54, 1.807) is 7.05 Å². The fraction of sp³-hybridized carbons (Fsp3) is 0.421. The van der Waals surface area contributed by atoms with E-state index >= 15 is 0 Å². The molecule has 0 bridgehead atoms. The summed E-state index contributed by atoms with van der Waals surface area (Å²) >= 11 is 0. The monoisotopic (exact) mass is 441 g/mol. The molecule has 0 aliphatic rings. The van der Waals surface area contributed by atoms with Crippen LogP contribution in [-0.4, -0.2) is 32.8 Å². The molecular weight excluding hydrogens is 413 g/mol. The molecule has 0 heterocycles. The van der Waals surface area contributed by atoms with Crippen LogP contribution in [0.25, 0.3) is 10.8 Å². The highest BCUT2D eigenvalue weighted by molar-refractivity contribution is 14.0. The van der Waals surface area contributed by atoms with Crippen LogP contribution in [0, 0.1) is 0 Å². The summed E-state index contributed by atoms with van der Waals surface area (Å²) in [5, 5.41) is 9.29. The predicted molar refractivity (Wildman–Crippen MR) is 113 cm³/mol. The lowest BCUT2D eigenvalue weighted by Gasteiger charge is -2.13. The standard InChI is InChI=1S/C19H27N3O.HI/c1-3-23-14-7-6-13-21-19(20-2)22-15-17-11-8-10-16-9-4-5-12-18(16)17;/h4-5,8-12H,3,6-7,13-15H2,1-2H3,(H2,20,21,22);1H. The quantitative estimate of drug-likeness (QED) is 0.282. The molecule has 0 saturated heterocycles. The number of halogens is 1. The van der Waals surface area contributed by atoms with Gasteiger partial charge in [0.15, 0.2) is 5.96 Å². The van der Waals surface area contributed by atoms with Crippen LogP contribution in [-0.2, 0) is 11.3 Å². The van der Waals surface area contributed by atoms with Crippen LogP contribution in [0.4, 0.5) is 0 Å². The summed E-state index contributed by atoms with van der Waals surface area (Å²) in [6.07, 6.45) is 2.15. The van der Waals surface area contributed by atoms with Gasteiger partial charge in [-0.25, -0.2) is 0 Å². The van der Waals surface area contributed by atoms with Crippen molar-refractivity contribution in [2.24, 2.45) is 4.99 Å². The van der Waals surface area contributed by atoms with Crippen LogP contribution in [0.3, 0.4) is 0 Å². The Kier molecular flexibility index (Phi) is 10.4. The number of ether oxygens (including phenoxy) is 1. The van der Waals surface area contributed by atoms with E-state index in [2.05, 4.69) is 58.1 Å². The smallest absolute Gasteiger partial charge is 0.191 e. The lowest BCUT2D eigenvalue weighted by Crippen LogP contribution is -2.37. The molecule has 0 spiro atoms. The number of unbranched alkanes of at least 4 members (excludes halogenated alkanes) is 1. The summed E-state index contributed by atoms with van der Waals surface area (Å²) in [6.45, 7) is 5.32. The van der Waals surface area contributed by atoms with Gasteiger partial charge in [0, 0.05) is 33.4 Å². The van der Waals surface area contributed by atoms with Crippen molar-refractivity contribution in [3.63, 3.8) is 0 Å². The third-order valence-corrected chi connectivity index (χ3v) is 3.76. The zero-order valence-corrected chi connectivity index (χ0v) is 16.9. The maximum absolute atomic E-state index is 5.34. The van der Waals surface area contributed by atoms with Crippen molar-refractivity contribution >= 4 is 40.7 Å². The molecule has 0 fully saturated rings. The Bertz CT molecular complexity index is 626. The molecule has 2 N–H and O–H groups in total. The van der Waals surface area contributed by atoms with Crippen molar-refractivity contribution < 1.29 is 4.74 Å². The number of guanidine groups is 1. The minimum atomic E-state index is 0. The number of nitrogens with zero attached hydrogens (tertiary/aromatic N) is 1. The van der Waals surface area contributed by atoms with Crippen molar-refractivity contribution in [3.05, 3.63) is 48.0 Å². The summed E-state index contributed by atoms with van der Waals surface area (Å²) in [6, 6.07) is 14.9. The summed E-state index contributed by atoms with van der Waals surface area (Å²) < 4.78 is 5.34. The second-order valence-corrected chi connectivity index (χ2v) is 5.39. The topological polar surface area (TPSA) is 45.6 Å². The van der Waals surface area contributed by atoms with Gasteiger partial charge in [-0.15, -0.1) is 24.0 Å². The van der Waals surface area contributed by atoms with E-state index in [4.69, 9.17) is 4.74 Å². The van der Waals surface area contributed by atoms with Crippen LogP contribution < -0.4 is 10.6 Å². The van der Waals surface area contributed by atoms with E-state index < -0.39 is 0 Å². The van der Waals surface area contributed by atoms with Gasteiger partial charge in [-0.1, -0.05) is 42.5 Å². The Morgan fingerprint density at radius 1 is 1.04 bits per heavy atom. The Labute approximate surface area is 162 Å². The molecule has 5 heteroatoms. The first kappa shape index (κ1) is 20.7. The molecule has 24 heavy (non-hydrogen) atoms. The number of hydrogen-bond donors (Lipinski definition) is 2. The van der Waals surface area contributed by atoms with Gasteiger partial charge in [0.1, 0.15) is 0 Å². The molecule has 0 unspecified atom stereocenters. The molecule has 0 saturated carbocycles.